The Hall–Kier alpha value is -4.82. The Morgan fingerprint density at radius 1 is 0.550 bits per heavy atom. The molecule has 0 amide bonds. The number of rotatable bonds is 2. The molecule has 212 valence electrons. The van der Waals surface area contributed by atoms with Crippen molar-refractivity contribution in [2.75, 3.05) is 22.9 Å². The molecule has 0 aromatic carbocycles. The zero-order chi connectivity index (χ0) is 30.6. The minimum absolute atomic E-state index is 0.0324. The molecule has 40 heavy (non-hydrogen) atoms. The van der Waals surface area contributed by atoms with Crippen molar-refractivity contribution in [3.8, 4) is 0 Å². The quantitative estimate of drug-likeness (QED) is 0.136. The van der Waals surface area contributed by atoms with Gasteiger partial charge < -0.3 is 22.9 Å². The van der Waals surface area contributed by atoms with E-state index in [1.165, 1.54) is 12.1 Å². The van der Waals surface area contributed by atoms with E-state index in [1.54, 1.807) is 38.1 Å². The summed E-state index contributed by atoms with van der Waals surface area (Å²) in [6.45, 7) is 7.18. The highest BCUT2D eigenvalue weighted by Crippen LogP contribution is 2.21. The summed E-state index contributed by atoms with van der Waals surface area (Å²) in [4.78, 5) is 34.6. The van der Waals surface area contributed by atoms with Crippen LogP contribution in [0.5, 0.6) is 0 Å². The van der Waals surface area contributed by atoms with Crippen LogP contribution in [0.4, 0.5) is 34.4 Å². The summed E-state index contributed by atoms with van der Waals surface area (Å²) in [5.41, 5.74) is 25.3. The predicted octanol–water partition coefficient (Wildman–Crippen LogP) is 5.01. The number of halogens is 2. The molecule has 0 saturated carbocycles. The Morgan fingerprint density at radius 2 is 0.925 bits per heavy atom. The number of hydrogen-bond acceptors (Lipinski definition) is 12. The van der Waals surface area contributed by atoms with E-state index in [0.717, 1.165) is 11.4 Å². The molecule has 0 aliphatic heterocycles. The number of nitrogen functional groups attached to an aromatic ring is 4. The molecule has 0 aliphatic carbocycles. The predicted molar refractivity (Wildman–Crippen MR) is 157 cm³/mol. The zero-order valence-electron chi connectivity index (χ0n) is 22.0. The fourth-order valence-electron chi connectivity index (χ4n) is 2.50. The van der Waals surface area contributed by atoms with Crippen LogP contribution < -0.4 is 22.9 Å². The van der Waals surface area contributed by atoms with Gasteiger partial charge in [0.05, 0.1) is 21.2 Å². The lowest BCUT2D eigenvalue weighted by atomic mass is 10.3. The molecule has 16 heteroatoms. The molecular formula is C24H28Cl2N10O4. The van der Waals surface area contributed by atoms with E-state index in [1.807, 2.05) is 26.0 Å². The van der Waals surface area contributed by atoms with Crippen molar-refractivity contribution < 1.29 is 9.85 Å². The van der Waals surface area contributed by atoms with Gasteiger partial charge in [-0.2, -0.15) is 0 Å². The zero-order valence-corrected chi connectivity index (χ0v) is 23.5. The highest BCUT2D eigenvalue weighted by molar-refractivity contribution is 6.31. The van der Waals surface area contributed by atoms with Gasteiger partial charge in [-0.25, -0.2) is 19.9 Å². The van der Waals surface area contributed by atoms with Crippen molar-refractivity contribution in [1.82, 2.24) is 19.9 Å². The van der Waals surface area contributed by atoms with Gasteiger partial charge in [0.1, 0.15) is 5.82 Å². The lowest BCUT2D eigenvalue weighted by Gasteiger charge is -1.97. The van der Waals surface area contributed by atoms with Crippen LogP contribution in [0.15, 0.2) is 48.5 Å². The number of aromatic nitrogens is 4. The molecule has 0 aliphatic rings. The largest absolute Gasteiger partial charge is 0.396 e. The van der Waals surface area contributed by atoms with Gasteiger partial charge >= 0.3 is 11.4 Å². The lowest BCUT2D eigenvalue weighted by molar-refractivity contribution is -0.385. The summed E-state index contributed by atoms with van der Waals surface area (Å²) in [7, 11) is 0. The molecular weight excluding hydrogens is 563 g/mol. The average Bonchev–Trinajstić information content (AvgIpc) is 2.85. The minimum atomic E-state index is -0.561. The van der Waals surface area contributed by atoms with Gasteiger partial charge in [-0.15, -0.1) is 0 Å². The molecule has 4 heterocycles. The first-order chi connectivity index (χ1) is 18.6. The molecule has 0 radical (unpaired) electrons. The normalized spacial score (nSPS) is 9.55. The molecule has 8 N–H and O–H groups in total. The monoisotopic (exact) mass is 590 g/mol. The standard InChI is InChI=1S/C6H5ClN2O2.C6H7ClN2.C6H7N3O2.C6H9N3/c1-4-2-3-5(9(10)11)6(7)8-4;1-4-2-3-5(8)6(7)9-4;1-4-2-3-5(9(10)11)6(7)8-4;1-4-2-3-5(7)6(8)9-4/h2-3H,1H3;2-3H,8H2,1H3;2-3H,1H3,(H2,7,8);2-3H,7H2,1H3,(H2,8,9). The molecule has 0 unspecified atom stereocenters. The summed E-state index contributed by atoms with van der Waals surface area (Å²) >= 11 is 11.0. The van der Waals surface area contributed by atoms with Gasteiger partial charge in [0, 0.05) is 34.9 Å². The van der Waals surface area contributed by atoms with Crippen molar-refractivity contribution in [3.63, 3.8) is 0 Å². The maximum Gasteiger partial charge on any atom is 0.311 e. The fraction of sp³-hybridized carbons (Fsp3) is 0.167. The molecule has 0 bridgehead atoms. The minimum Gasteiger partial charge on any atom is -0.396 e. The lowest BCUT2D eigenvalue weighted by Crippen LogP contribution is -1.98. The van der Waals surface area contributed by atoms with Crippen molar-refractivity contribution in [2.24, 2.45) is 0 Å². The van der Waals surface area contributed by atoms with Crippen LogP contribution in [0.25, 0.3) is 0 Å². The Labute approximate surface area is 239 Å². The molecule has 4 rings (SSSR count). The molecule has 0 atom stereocenters. The third kappa shape index (κ3) is 11.3. The number of hydrogen-bond donors (Lipinski definition) is 4. The summed E-state index contributed by atoms with van der Waals surface area (Å²) in [5.74, 6) is 0.380. The van der Waals surface area contributed by atoms with Gasteiger partial charge in [-0.3, -0.25) is 20.2 Å². The average molecular weight is 591 g/mol. The SMILES string of the molecule is Cc1ccc(N)c(Cl)n1.Cc1ccc(N)c(N)n1.Cc1ccc([N+](=O)[O-])c(Cl)n1.Cc1ccc([N+](=O)[O-])c(N)n1. The highest BCUT2D eigenvalue weighted by Gasteiger charge is 2.12. The Morgan fingerprint density at radius 3 is 1.27 bits per heavy atom. The van der Waals surface area contributed by atoms with Crippen molar-refractivity contribution in [1.29, 1.82) is 0 Å². The molecule has 0 saturated heterocycles. The number of anilines is 4. The van der Waals surface area contributed by atoms with Crippen molar-refractivity contribution >= 4 is 57.6 Å². The molecule has 14 nitrogen and oxygen atoms in total. The van der Waals surface area contributed by atoms with Crippen molar-refractivity contribution in [2.45, 2.75) is 27.7 Å². The number of nitrogens with zero attached hydrogens (tertiary/aromatic N) is 6. The Bertz CT molecular complexity index is 1380. The molecule has 4 aromatic rings. The maximum absolute atomic E-state index is 10.2. The second-order valence-electron chi connectivity index (χ2n) is 7.89. The number of nitrogens with two attached hydrogens (primary N) is 4. The third-order valence-corrected chi connectivity index (χ3v) is 5.10. The first-order valence-electron chi connectivity index (χ1n) is 11.1. The summed E-state index contributed by atoms with van der Waals surface area (Å²) < 4.78 is 0. The molecule has 4 aromatic heterocycles. The van der Waals surface area contributed by atoms with Crippen LogP contribution in [0.3, 0.4) is 0 Å². The van der Waals surface area contributed by atoms with Gasteiger partial charge in [0.2, 0.25) is 11.0 Å². The Balaban J connectivity index is 0.000000268. The van der Waals surface area contributed by atoms with Gasteiger partial charge in [-0.1, -0.05) is 23.2 Å². The molecule has 0 fully saturated rings. The van der Waals surface area contributed by atoms with E-state index >= 15 is 0 Å². The first kappa shape index (κ1) is 33.2. The van der Waals surface area contributed by atoms with E-state index < -0.39 is 9.85 Å². The van der Waals surface area contributed by atoms with Crippen LogP contribution in [-0.4, -0.2) is 29.8 Å². The summed E-state index contributed by atoms with van der Waals surface area (Å²) in [5, 5.41) is 20.8. The van der Waals surface area contributed by atoms with Crippen LogP contribution >= 0.6 is 23.2 Å². The van der Waals surface area contributed by atoms with Gasteiger partial charge in [-0.05, 0) is 64.1 Å². The summed E-state index contributed by atoms with van der Waals surface area (Å²) in [6.07, 6.45) is 0. The van der Waals surface area contributed by atoms with E-state index in [4.69, 9.17) is 46.1 Å². The highest BCUT2D eigenvalue weighted by atomic mass is 35.5. The van der Waals surface area contributed by atoms with E-state index in [9.17, 15) is 20.2 Å². The van der Waals surface area contributed by atoms with Crippen LogP contribution in [0.2, 0.25) is 10.3 Å². The van der Waals surface area contributed by atoms with Gasteiger partial charge in [0.15, 0.2) is 5.15 Å². The van der Waals surface area contributed by atoms with Crippen LogP contribution in [-0.2, 0) is 0 Å². The topological polar surface area (TPSA) is 242 Å². The first-order valence-corrected chi connectivity index (χ1v) is 11.9. The second kappa shape index (κ2) is 15.6. The van der Waals surface area contributed by atoms with Crippen LogP contribution in [0, 0.1) is 47.9 Å². The molecule has 0 spiro atoms. The number of pyridine rings is 4. The van der Waals surface area contributed by atoms with Crippen molar-refractivity contribution in [3.05, 3.63) is 102 Å². The Kier molecular flexibility index (Phi) is 12.9. The van der Waals surface area contributed by atoms with Crippen LogP contribution in [0.1, 0.15) is 22.8 Å². The number of nitro groups is 2. The van der Waals surface area contributed by atoms with E-state index in [0.29, 0.717) is 33.7 Å². The number of aryl methyl sites for hydroxylation is 4. The second-order valence-corrected chi connectivity index (χ2v) is 8.61. The van der Waals surface area contributed by atoms with E-state index in [-0.39, 0.29) is 22.3 Å². The summed E-state index contributed by atoms with van der Waals surface area (Å²) in [6, 6.07) is 12.9. The maximum atomic E-state index is 10.2. The third-order valence-electron chi connectivity index (χ3n) is 4.52. The van der Waals surface area contributed by atoms with E-state index in [2.05, 4.69) is 19.9 Å². The smallest absolute Gasteiger partial charge is 0.311 e. The van der Waals surface area contributed by atoms with Gasteiger partial charge in [0.25, 0.3) is 0 Å². The fourth-order valence-corrected chi connectivity index (χ4v) is 2.96.